The highest BCUT2D eigenvalue weighted by molar-refractivity contribution is 5.98. The molecule has 1 N–H and O–H groups in total. The molecule has 0 saturated carbocycles. The minimum atomic E-state index is -0.402. The number of methoxy groups -OCH3 is 1. The van der Waals surface area contributed by atoms with Crippen molar-refractivity contribution in [3.8, 4) is 16.9 Å². The lowest BCUT2D eigenvalue weighted by molar-refractivity contribution is -0.131. The molecule has 37 heavy (non-hydrogen) atoms. The number of halogens is 1. The molecule has 2 amide bonds. The van der Waals surface area contributed by atoms with E-state index in [1.54, 1.807) is 24.3 Å². The topological polar surface area (TPSA) is 76.5 Å². The molecule has 7 nitrogen and oxygen atoms in total. The fraction of sp³-hybridized carbons (Fsp3) is 0.138. The van der Waals surface area contributed by atoms with Crippen LogP contribution in [0.2, 0.25) is 0 Å². The van der Waals surface area contributed by atoms with Crippen LogP contribution in [-0.4, -0.2) is 53.3 Å². The Bertz CT molecular complexity index is 1350. The van der Waals surface area contributed by atoms with Crippen LogP contribution in [0.15, 0.2) is 97.1 Å². The van der Waals surface area contributed by atoms with Crippen LogP contribution in [0, 0.1) is 5.82 Å². The Morgan fingerprint density at radius 1 is 1.00 bits per heavy atom. The predicted molar refractivity (Wildman–Crippen MR) is 142 cm³/mol. The summed E-state index contributed by atoms with van der Waals surface area (Å²) in [6, 6.07) is 26.5. The highest BCUT2D eigenvalue weighted by Crippen LogP contribution is 2.25. The molecular formula is C29H27FN4O3. The van der Waals surface area contributed by atoms with E-state index in [1.807, 2.05) is 60.7 Å². The van der Waals surface area contributed by atoms with Crippen LogP contribution in [0.4, 0.5) is 10.2 Å². The van der Waals surface area contributed by atoms with Crippen LogP contribution in [0.1, 0.15) is 5.56 Å². The fourth-order valence-electron chi connectivity index (χ4n) is 3.66. The van der Waals surface area contributed by atoms with Gasteiger partial charge < -0.3 is 15.0 Å². The van der Waals surface area contributed by atoms with Crippen molar-refractivity contribution in [3.63, 3.8) is 0 Å². The number of carbonyl (C=O) groups excluding carboxylic acids is 2. The Kier molecular flexibility index (Phi) is 8.57. The number of rotatable bonds is 10. The SMILES string of the molecule is COCCN(CC(=O)Nc1cc(-c2ccccc2)nn1-c1ccc(F)cc1)C(=O)/C=C/c1ccccc1. The van der Waals surface area contributed by atoms with Crippen molar-refractivity contribution in [1.82, 2.24) is 14.7 Å². The van der Waals surface area contributed by atoms with Gasteiger partial charge in [-0.3, -0.25) is 9.59 Å². The van der Waals surface area contributed by atoms with E-state index in [-0.39, 0.29) is 31.4 Å². The first kappa shape index (κ1) is 25.5. The van der Waals surface area contributed by atoms with Gasteiger partial charge in [-0.2, -0.15) is 5.10 Å². The maximum atomic E-state index is 13.5. The van der Waals surface area contributed by atoms with Gasteiger partial charge in [-0.15, -0.1) is 0 Å². The van der Waals surface area contributed by atoms with E-state index in [9.17, 15) is 14.0 Å². The molecule has 0 bridgehead atoms. The van der Waals surface area contributed by atoms with Crippen molar-refractivity contribution in [2.24, 2.45) is 0 Å². The summed E-state index contributed by atoms with van der Waals surface area (Å²) in [5.74, 6) is -0.691. The van der Waals surface area contributed by atoms with Gasteiger partial charge in [-0.25, -0.2) is 9.07 Å². The Morgan fingerprint density at radius 2 is 1.68 bits per heavy atom. The third-order valence-electron chi connectivity index (χ3n) is 5.55. The summed E-state index contributed by atoms with van der Waals surface area (Å²) in [5, 5.41) is 7.49. The van der Waals surface area contributed by atoms with Crippen LogP contribution >= 0.6 is 0 Å². The van der Waals surface area contributed by atoms with Gasteiger partial charge >= 0.3 is 0 Å². The smallest absolute Gasteiger partial charge is 0.247 e. The summed E-state index contributed by atoms with van der Waals surface area (Å²) in [7, 11) is 1.54. The monoisotopic (exact) mass is 498 g/mol. The molecule has 1 heterocycles. The van der Waals surface area contributed by atoms with Gasteiger partial charge in [0.1, 0.15) is 18.2 Å². The fourth-order valence-corrected chi connectivity index (χ4v) is 3.66. The number of ether oxygens (including phenoxy) is 1. The standard InChI is InChI=1S/C29H27FN4O3/c1-37-19-18-33(29(36)17-12-22-8-4-2-5-9-22)21-28(35)31-27-20-26(23-10-6-3-7-11-23)32-34(27)25-15-13-24(30)14-16-25/h2-17,20H,18-19,21H2,1H3,(H,31,35)/b17-12+. The lowest BCUT2D eigenvalue weighted by atomic mass is 10.1. The summed E-state index contributed by atoms with van der Waals surface area (Å²) in [6.45, 7) is 0.342. The van der Waals surface area contributed by atoms with Crippen LogP contribution in [-0.2, 0) is 14.3 Å². The van der Waals surface area contributed by atoms with E-state index in [4.69, 9.17) is 4.74 Å². The van der Waals surface area contributed by atoms with Crippen molar-refractivity contribution in [2.45, 2.75) is 0 Å². The Hall–Kier alpha value is -4.56. The molecule has 0 aliphatic carbocycles. The quantitative estimate of drug-likeness (QED) is 0.319. The largest absolute Gasteiger partial charge is 0.383 e. The number of amides is 2. The summed E-state index contributed by atoms with van der Waals surface area (Å²) < 4.78 is 20.2. The van der Waals surface area contributed by atoms with E-state index >= 15 is 0 Å². The highest BCUT2D eigenvalue weighted by Gasteiger charge is 2.18. The molecular weight excluding hydrogens is 471 g/mol. The summed E-state index contributed by atoms with van der Waals surface area (Å²) in [6.07, 6.45) is 3.14. The van der Waals surface area contributed by atoms with Crippen molar-refractivity contribution in [1.29, 1.82) is 0 Å². The van der Waals surface area contributed by atoms with E-state index in [0.717, 1.165) is 11.1 Å². The third-order valence-corrected chi connectivity index (χ3v) is 5.55. The molecule has 3 aromatic carbocycles. The molecule has 188 valence electrons. The van der Waals surface area contributed by atoms with Crippen molar-refractivity contribution in [2.75, 3.05) is 32.1 Å². The van der Waals surface area contributed by atoms with Gasteiger partial charge in [0.25, 0.3) is 0 Å². The van der Waals surface area contributed by atoms with Gasteiger partial charge in [0.15, 0.2) is 0 Å². The molecule has 0 saturated heterocycles. The normalized spacial score (nSPS) is 11.0. The number of hydrogen-bond donors (Lipinski definition) is 1. The second kappa shape index (κ2) is 12.4. The Labute approximate surface area is 214 Å². The van der Waals surface area contributed by atoms with Crippen molar-refractivity contribution < 1.29 is 18.7 Å². The van der Waals surface area contributed by atoms with E-state index in [1.165, 1.54) is 34.9 Å². The van der Waals surface area contributed by atoms with Crippen LogP contribution in [0.25, 0.3) is 23.0 Å². The zero-order valence-corrected chi connectivity index (χ0v) is 20.4. The molecule has 1 aromatic heterocycles. The van der Waals surface area contributed by atoms with Crippen LogP contribution < -0.4 is 5.32 Å². The van der Waals surface area contributed by atoms with Crippen LogP contribution in [0.3, 0.4) is 0 Å². The third kappa shape index (κ3) is 6.99. The number of nitrogens with one attached hydrogen (secondary N) is 1. The summed E-state index contributed by atoms with van der Waals surface area (Å²) in [4.78, 5) is 27.4. The van der Waals surface area contributed by atoms with E-state index in [2.05, 4.69) is 10.4 Å². The zero-order chi connectivity index (χ0) is 26.0. The zero-order valence-electron chi connectivity index (χ0n) is 20.4. The molecule has 4 aromatic rings. The molecule has 0 aliphatic heterocycles. The Morgan fingerprint density at radius 3 is 2.35 bits per heavy atom. The number of nitrogens with zero attached hydrogens (tertiary/aromatic N) is 3. The maximum Gasteiger partial charge on any atom is 0.247 e. The average molecular weight is 499 g/mol. The first-order valence-corrected chi connectivity index (χ1v) is 11.8. The predicted octanol–water partition coefficient (Wildman–Crippen LogP) is 4.81. The molecule has 8 heteroatoms. The minimum absolute atomic E-state index is 0.184. The molecule has 0 aliphatic rings. The molecule has 0 spiro atoms. The van der Waals surface area contributed by atoms with Gasteiger partial charge in [-0.05, 0) is 35.9 Å². The van der Waals surface area contributed by atoms with Gasteiger partial charge in [0.2, 0.25) is 11.8 Å². The van der Waals surface area contributed by atoms with E-state index < -0.39 is 5.91 Å². The maximum absolute atomic E-state index is 13.5. The minimum Gasteiger partial charge on any atom is -0.383 e. The van der Waals surface area contributed by atoms with E-state index in [0.29, 0.717) is 17.2 Å². The lowest BCUT2D eigenvalue weighted by Crippen LogP contribution is -2.39. The summed E-state index contributed by atoms with van der Waals surface area (Å²) in [5.41, 5.74) is 2.96. The number of hydrogen-bond acceptors (Lipinski definition) is 4. The van der Waals surface area contributed by atoms with Crippen molar-refractivity contribution in [3.05, 3.63) is 108 Å². The van der Waals surface area contributed by atoms with Gasteiger partial charge in [0.05, 0.1) is 18.0 Å². The number of benzene rings is 3. The lowest BCUT2D eigenvalue weighted by Gasteiger charge is -2.20. The van der Waals surface area contributed by atoms with Gasteiger partial charge in [0, 0.05) is 31.4 Å². The first-order chi connectivity index (χ1) is 18.0. The molecule has 0 radical (unpaired) electrons. The highest BCUT2D eigenvalue weighted by atomic mass is 19.1. The number of aromatic nitrogens is 2. The van der Waals surface area contributed by atoms with Crippen LogP contribution in [0.5, 0.6) is 0 Å². The van der Waals surface area contributed by atoms with Gasteiger partial charge in [-0.1, -0.05) is 60.7 Å². The second-order valence-corrected chi connectivity index (χ2v) is 8.21. The molecule has 0 fully saturated rings. The second-order valence-electron chi connectivity index (χ2n) is 8.21. The molecule has 0 unspecified atom stereocenters. The Balaban J connectivity index is 1.55. The first-order valence-electron chi connectivity index (χ1n) is 11.8. The van der Waals surface area contributed by atoms with Crippen molar-refractivity contribution >= 4 is 23.7 Å². The summed E-state index contributed by atoms with van der Waals surface area (Å²) >= 11 is 0. The number of carbonyl (C=O) groups is 2. The molecule has 4 rings (SSSR count). The molecule has 0 atom stereocenters. The average Bonchev–Trinajstić information content (AvgIpc) is 3.34. The number of anilines is 1.